The number of hydrogen-bond donors (Lipinski definition) is 1. The number of benzene rings is 1. The van der Waals surface area contributed by atoms with Gasteiger partial charge >= 0.3 is 0 Å². The Morgan fingerprint density at radius 3 is 2.61 bits per heavy atom. The minimum atomic E-state index is -0.146. The number of para-hydroxylation sites is 1. The van der Waals surface area contributed by atoms with E-state index in [0.29, 0.717) is 10.9 Å². The lowest BCUT2D eigenvalue weighted by Crippen LogP contribution is -2.36. The number of rotatable bonds is 3. The van der Waals surface area contributed by atoms with Crippen molar-refractivity contribution in [2.45, 2.75) is 31.1 Å². The molecule has 1 aromatic rings. The van der Waals surface area contributed by atoms with E-state index >= 15 is 0 Å². The molecule has 1 aliphatic heterocycles. The summed E-state index contributed by atoms with van der Waals surface area (Å²) in [5.74, 6) is -0.146. The van der Waals surface area contributed by atoms with E-state index in [1.165, 1.54) is 6.07 Å². The van der Waals surface area contributed by atoms with Gasteiger partial charge in [-0.05, 0) is 37.7 Å². The molecular weight excluding hydrogens is 247 g/mol. The molecule has 0 unspecified atom stereocenters. The van der Waals surface area contributed by atoms with E-state index in [1.54, 1.807) is 6.07 Å². The largest absolute Gasteiger partial charge is 0.369 e. The summed E-state index contributed by atoms with van der Waals surface area (Å²) in [6.45, 7) is 3.76. The molecule has 0 aliphatic carbocycles. The molecule has 2 rings (SSSR count). The zero-order valence-corrected chi connectivity index (χ0v) is 11.8. The molecule has 0 aromatic heterocycles. The van der Waals surface area contributed by atoms with E-state index in [9.17, 15) is 4.39 Å². The van der Waals surface area contributed by atoms with Crippen molar-refractivity contribution < 1.29 is 4.39 Å². The molecule has 1 atom stereocenters. The number of nitrogens with two attached hydrogens (primary N) is 1. The Labute approximate surface area is 113 Å². The van der Waals surface area contributed by atoms with Gasteiger partial charge in [0.05, 0.1) is 5.69 Å². The number of piperidine rings is 1. The number of thioether (sulfide) groups is 1. The van der Waals surface area contributed by atoms with Crippen LogP contribution < -0.4 is 10.6 Å². The molecule has 4 heteroatoms. The molecule has 0 amide bonds. The Bertz CT molecular complexity index is 401. The second kappa shape index (κ2) is 5.93. The first-order valence-electron chi connectivity index (χ1n) is 6.45. The maximum absolute atomic E-state index is 14.1. The fourth-order valence-corrected chi connectivity index (χ4v) is 3.23. The highest BCUT2D eigenvalue weighted by molar-refractivity contribution is 7.99. The third-order valence-electron chi connectivity index (χ3n) is 3.60. The summed E-state index contributed by atoms with van der Waals surface area (Å²) in [5.41, 5.74) is 7.58. The van der Waals surface area contributed by atoms with Crippen molar-refractivity contribution in [3.05, 3.63) is 29.6 Å². The first-order valence-corrected chi connectivity index (χ1v) is 7.74. The molecule has 0 bridgehead atoms. The van der Waals surface area contributed by atoms with Gasteiger partial charge in [0.1, 0.15) is 5.82 Å². The van der Waals surface area contributed by atoms with Crippen LogP contribution in [0.3, 0.4) is 0 Å². The molecule has 18 heavy (non-hydrogen) atoms. The second-order valence-corrected chi connectivity index (χ2v) is 6.03. The topological polar surface area (TPSA) is 29.3 Å². The third-order valence-corrected chi connectivity index (χ3v) is 4.74. The zero-order valence-electron chi connectivity index (χ0n) is 11.0. The van der Waals surface area contributed by atoms with Crippen LogP contribution in [-0.2, 0) is 0 Å². The molecule has 1 saturated heterocycles. The average molecular weight is 268 g/mol. The monoisotopic (exact) mass is 268 g/mol. The van der Waals surface area contributed by atoms with Gasteiger partial charge in [0.25, 0.3) is 0 Å². The second-order valence-electron chi connectivity index (χ2n) is 4.89. The Morgan fingerprint density at radius 1 is 1.39 bits per heavy atom. The van der Waals surface area contributed by atoms with Gasteiger partial charge in [-0.15, -0.1) is 0 Å². The normalized spacial score (nSPS) is 19.0. The molecule has 2 nitrogen and oxygen atoms in total. The standard InChI is InChI=1S/C14H21FN2S/c1-10(16)12-4-3-5-13(15)14(12)17-8-6-11(18-2)7-9-17/h3-5,10-11H,6-9,16H2,1-2H3/t10-/m0/s1. The maximum Gasteiger partial charge on any atom is 0.146 e. The first-order chi connectivity index (χ1) is 8.63. The van der Waals surface area contributed by atoms with Gasteiger partial charge in [-0.1, -0.05) is 12.1 Å². The lowest BCUT2D eigenvalue weighted by Gasteiger charge is -2.34. The Morgan fingerprint density at radius 2 is 2.06 bits per heavy atom. The molecule has 100 valence electrons. The number of nitrogens with zero attached hydrogens (tertiary/aromatic N) is 1. The van der Waals surface area contributed by atoms with Gasteiger partial charge in [0.15, 0.2) is 0 Å². The first kappa shape index (κ1) is 13.7. The highest BCUT2D eigenvalue weighted by Crippen LogP contribution is 2.32. The molecular formula is C14H21FN2S. The van der Waals surface area contributed by atoms with Crippen LogP contribution >= 0.6 is 11.8 Å². The smallest absolute Gasteiger partial charge is 0.146 e. The summed E-state index contributed by atoms with van der Waals surface area (Å²) in [6.07, 6.45) is 4.39. The number of hydrogen-bond acceptors (Lipinski definition) is 3. The molecule has 0 radical (unpaired) electrons. The van der Waals surface area contributed by atoms with E-state index in [2.05, 4.69) is 11.2 Å². The van der Waals surface area contributed by atoms with Crippen molar-refractivity contribution in [3.8, 4) is 0 Å². The van der Waals surface area contributed by atoms with Gasteiger partial charge < -0.3 is 10.6 Å². The highest BCUT2D eigenvalue weighted by atomic mass is 32.2. The fourth-order valence-electron chi connectivity index (χ4n) is 2.55. The Balaban J connectivity index is 2.23. The average Bonchev–Trinajstić information content (AvgIpc) is 2.38. The van der Waals surface area contributed by atoms with Crippen molar-refractivity contribution in [2.24, 2.45) is 5.73 Å². The fraction of sp³-hybridized carbons (Fsp3) is 0.571. The highest BCUT2D eigenvalue weighted by Gasteiger charge is 2.23. The third kappa shape index (κ3) is 2.81. The maximum atomic E-state index is 14.1. The van der Waals surface area contributed by atoms with Crippen LogP contribution in [0, 0.1) is 5.82 Å². The minimum Gasteiger partial charge on any atom is -0.369 e. The minimum absolute atomic E-state index is 0.131. The molecule has 0 spiro atoms. The van der Waals surface area contributed by atoms with Crippen LogP contribution in [0.2, 0.25) is 0 Å². The summed E-state index contributed by atoms with van der Waals surface area (Å²) in [7, 11) is 0. The Hall–Kier alpha value is -0.740. The van der Waals surface area contributed by atoms with Gasteiger partial charge in [0, 0.05) is 24.4 Å². The van der Waals surface area contributed by atoms with E-state index in [-0.39, 0.29) is 11.9 Å². The lowest BCUT2D eigenvalue weighted by atomic mass is 10.0. The van der Waals surface area contributed by atoms with Gasteiger partial charge in [-0.25, -0.2) is 4.39 Å². The summed E-state index contributed by atoms with van der Waals surface area (Å²) < 4.78 is 14.1. The van der Waals surface area contributed by atoms with Gasteiger partial charge in [-0.2, -0.15) is 11.8 Å². The summed E-state index contributed by atoms with van der Waals surface area (Å²) in [6, 6.07) is 5.08. The molecule has 2 N–H and O–H groups in total. The SMILES string of the molecule is CSC1CCN(c2c(F)cccc2[C@H](C)N)CC1. The van der Waals surface area contributed by atoms with E-state index in [4.69, 9.17) is 5.73 Å². The lowest BCUT2D eigenvalue weighted by molar-refractivity contribution is 0.561. The van der Waals surface area contributed by atoms with E-state index in [1.807, 2.05) is 24.8 Å². The molecule has 0 saturated carbocycles. The van der Waals surface area contributed by atoms with Crippen molar-refractivity contribution in [1.29, 1.82) is 0 Å². The van der Waals surface area contributed by atoms with Crippen LogP contribution in [0.5, 0.6) is 0 Å². The Kier molecular flexibility index (Phi) is 4.51. The van der Waals surface area contributed by atoms with Crippen LogP contribution in [-0.4, -0.2) is 24.6 Å². The zero-order chi connectivity index (χ0) is 13.1. The molecule has 1 aliphatic rings. The van der Waals surface area contributed by atoms with Crippen molar-refractivity contribution >= 4 is 17.4 Å². The van der Waals surface area contributed by atoms with E-state index in [0.717, 1.165) is 31.5 Å². The van der Waals surface area contributed by atoms with Crippen LogP contribution in [0.4, 0.5) is 10.1 Å². The molecule has 1 aromatic carbocycles. The predicted molar refractivity (Wildman–Crippen MR) is 77.8 cm³/mol. The number of halogens is 1. The summed E-state index contributed by atoms with van der Waals surface area (Å²) >= 11 is 1.91. The van der Waals surface area contributed by atoms with Gasteiger partial charge in [0.2, 0.25) is 0 Å². The molecule has 1 fully saturated rings. The van der Waals surface area contributed by atoms with Crippen LogP contribution in [0.1, 0.15) is 31.4 Å². The predicted octanol–water partition coefficient (Wildman–Crippen LogP) is 3.18. The van der Waals surface area contributed by atoms with Crippen molar-refractivity contribution in [2.75, 3.05) is 24.2 Å². The van der Waals surface area contributed by atoms with Crippen molar-refractivity contribution in [1.82, 2.24) is 0 Å². The summed E-state index contributed by atoms with van der Waals surface area (Å²) in [4.78, 5) is 2.15. The number of anilines is 1. The van der Waals surface area contributed by atoms with Crippen molar-refractivity contribution in [3.63, 3.8) is 0 Å². The van der Waals surface area contributed by atoms with Crippen LogP contribution in [0.15, 0.2) is 18.2 Å². The van der Waals surface area contributed by atoms with Crippen LogP contribution in [0.25, 0.3) is 0 Å². The quantitative estimate of drug-likeness (QED) is 0.913. The molecule has 1 heterocycles. The van der Waals surface area contributed by atoms with E-state index < -0.39 is 0 Å². The van der Waals surface area contributed by atoms with Gasteiger partial charge in [-0.3, -0.25) is 0 Å². The summed E-state index contributed by atoms with van der Waals surface area (Å²) in [5, 5.41) is 0.715.